The number of aromatic nitrogens is 1. The molecule has 0 spiro atoms. The normalized spacial score (nSPS) is 20.1. The van der Waals surface area contributed by atoms with Gasteiger partial charge in [0.25, 0.3) is 0 Å². The lowest BCUT2D eigenvalue weighted by Crippen LogP contribution is -2.52. The summed E-state index contributed by atoms with van der Waals surface area (Å²) in [6, 6.07) is 6.59. The quantitative estimate of drug-likeness (QED) is 0.664. The molecule has 156 valence electrons. The van der Waals surface area contributed by atoms with E-state index in [0.29, 0.717) is 6.54 Å². The Morgan fingerprint density at radius 1 is 1.34 bits per heavy atom. The lowest BCUT2D eigenvalue weighted by Gasteiger charge is -2.27. The molecule has 7 nitrogen and oxygen atoms in total. The number of aliphatic hydroxyl groups excluding tert-OH is 1. The number of hydrogen-bond acceptors (Lipinski definition) is 6. The molecule has 1 aliphatic heterocycles. The van der Waals surface area contributed by atoms with Crippen LogP contribution in [-0.4, -0.2) is 51.5 Å². The Morgan fingerprint density at radius 2 is 2.03 bits per heavy atom. The number of likely N-dealkylation sites (tertiary alicyclic amines) is 1. The van der Waals surface area contributed by atoms with Crippen LogP contribution in [0.15, 0.2) is 29.8 Å². The third-order valence-corrected chi connectivity index (χ3v) is 6.27. The van der Waals surface area contributed by atoms with Crippen molar-refractivity contribution in [2.45, 2.75) is 51.9 Å². The van der Waals surface area contributed by atoms with E-state index in [9.17, 15) is 14.7 Å². The molecule has 0 radical (unpaired) electrons. The van der Waals surface area contributed by atoms with Crippen molar-refractivity contribution in [2.24, 2.45) is 11.7 Å². The molecule has 8 heteroatoms. The molecule has 3 atom stereocenters. The average molecular weight is 417 g/mol. The molecular formula is C21H28N4O3S. The molecular weight excluding hydrogens is 388 g/mol. The molecule has 1 unspecified atom stereocenters. The highest BCUT2D eigenvalue weighted by molar-refractivity contribution is 7.13. The van der Waals surface area contributed by atoms with Crippen LogP contribution < -0.4 is 11.1 Å². The summed E-state index contributed by atoms with van der Waals surface area (Å²) in [5, 5.41) is 12.9. The van der Waals surface area contributed by atoms with Crippen molar-refractivity contribution in [2.75, 3.05) is 6.54 Å². The van der Waals surface area contributed by atoms with E-state index in [4.69, 9.17) is 5.73 Å². The van der Waals surface area contributed by atoms with Gasteiger partial charge in [-0.1, -0.05) is 38.1 Å². The summed E-state index contributed by atoms with van der Waals surface area (Å²) >= 11 is 1.60. The topological polar surface area (TPSA) is 109 Å². The maximum atomic E-state index is 12.7. The highest BCUT2D eigenvalue weighted by Gasteiger charge is 2.40. The Hall–Kier alpha value is -2.29. The van der Waals surface area contributed by atoms with E-state index in [-0.39, 0.29) is 30.7 Å². The van der Waals surface area contributed by atoms with E-state index in [2.05, 4.69) is 10.3 Å². The molecule has 0 aliphatic carbocycles. The fourth-order valence-electron chi connectivity index (χ4n) is 3.44. The lowest BCUT2D eigenvalue weighted by molar-refractivity contribution is -0.140. The number of carbonyl (C=O) groups excluding carboxylic acids is 2. The lowest BCUT2D eigenvalue weighted by atomic mass is 10.0. The second-order valence-corrected chi connectivity index (χ2v) is 8.70. The number of rotatable bonds is 6. The second kappa shape index (κ2) is 9.02. The fraction of sp³-hybridized carbons (Fsp3) is 0.476. The number of hydrogen-bond donors (Lipinski definition) is 3. The van der Waals surface area contributed by atoms with Gasteiger partial charge in [0.1, 0.15) is 6.04 Å². The summed E-state index contributed by atoms with van der Waals surface area (Å²) in [6.45, 7) is 6.20. The molecule has 29 heavy (non-hydrogen) atoms. The predicted octanol–water partition coefficient (Wildman–Crippen LogP) is 1.68. The van der Waals surface area contributed by atoms with Crippen LogP contribution in [0, 0.1) is 12.8 Å². The van der Waals surface area contributed by atoms with E-state index in [0.717, 1.165) is 21.7 Å². The average Bonchev–Trinajstić information content (AvgIpc) is 3.30. The van der Waals surface area contributed by atoms with Crippen LogP contribution in [0.1, 0.15) is 31.5 Å². The second-order valence-electron chi connectivity index (χ2n) is 7.85. The van der Waals surface area contributed by atoms with Crippen molar-refractivity contribution in [3.63, 3.8) is 0 Å². The molecule has 1 aromatic heterocycles. The third-order valence-electron chi connectivity index (χ3n) is 5.30. The Bertz CT molecular complexity index is 865. The van der Waals surface area contributed by atoms with Gasteiger partial charge in [0.15, 0.2) is 0 Å². The third kappa shape index (κ3) is 4.83. The van der Waals surface area contributed by atoms with Crippen molar-refractivity contribution < 1.29 is 14.7 Å². The minimum absolute atomic E-state index is 0.0374. The Morgan fingerprint density at radius 3 is 2.62 bits per heavy atom. The highest BCUT2D eigenvalue weighted by Crippen LogP contribution is 2.27. The summed E-state index contributed by atoms with van der Waals surface area (Å²) in [5.41, 5.74) is 10.8. The van der Waals surface area contributed by atoms with Gasteiger partial charge in [-0.2, -0.15) is 0 Å². The molecule has 1 aromatic carbocycles. The fourth-order valence-corrected chi connectivity index (χ4v) is 4.25. The minimum atomic E-state index is -0.712. The predicted molar refractivity (Wildman–Crippen MR) is 113 cm³/mol. The van der Waals surface area contributed by atoms with Crippen LogP contribution in [0.4, 0.5) is 0 Å². The van der Waals surface area contributed by atoms with Crippen LogP contribution in [-0.2, 0) is 16.1 Å². The van der Waals surface area contributed by atoms with Crippen LogP contribution in [0.2, 0.25) is 0 Å². The first-order valence-electron chi connectivity index (χ1n) is 9.79. The van der Waals surface area contributed by atoms with Crippen LogP contribution >= 0.6 is 11.3 Å². The number of amides is 2. The van der Waals surface area contributed by atoms with E-state index < -0.39 is 18.2 Å². The van der Waals surface area contributed by atoms with Gasteiger partial charge in [-0.15, -0.1) is 11.3 Å². The first-order chi connectivity index (χ1) is 13.8. The maximum Gasteiger partial charge on any atom is 0.243 e. The Kier molecular flexibility index (Phi) is 6.66. The van der Waals surface area contributed by atoms with E-state index in [1.807, 2.05) is 50.5 Å². The van der Waals surface area contributed by atoms with E-state index >= 15 is 0 Å². The number of nitrogens with one attached hydrogen (secondary N) is 1. The van der Waals surface area contributed by atoms with Gasteiger partial charge in [-0.25, -0.2) is 4.98 Å². The first kappa shape index (κ1) is 21.4. The van der Waals surface area contributed by atoms with Gasteiger partial charge < -0.3 is 21.1 Å². The van der Waals surface area contributed by atoms with Gasteiger partial charge in [0.05, 0.1) is 28.2 Å². The monoisotopic (exact) mass is 416 g/mol. The zero-order chi connectivity index (χ0) is 21.1. The largest absolute Gasteiger partial charge is 0.391 e. The molecule has 0 bridgehead atoms. The molecule has 2 heterocycles. The number of thiazole rings is 1. The molecule has 4 N–H and O–H groups in total. The number of carbonyl (C=O) groups is 2. The van der Waals surface area contributed by atoms with Crippen molar-refractivity contribution in [1.82, 2.24) is 15.2 Å². The molecule has 1 saturated heterocycles. The zero-order valence-electron chi connectivity index (χ0n) is 17.0. The van der Waals surface area contributed by atoms with Crippen LogP contribution in [0.5, 0.6) is 0 Å². The zero-order valence-corrected chi connectivity index (χ0v) is 17.8. The van der Waals surface area contributed by atoms with Gasteiger partial charge in [-0.05, 0) is 24.0 Å². The van der Waals surface area contributed by atoms with Crippen LogP contribution in [0.3, 0.4) is 0 Å². The SMILES string of the molecule is Cc1ncsc1-c1ccc(CNC(=O)[C@H]2C[C@@H](O)CN2C(=O)C(N)C(C)C)cc1. The number of aryl methyl sites for hydroxylation is 1. The standard InChI is InChI=1S/C21H28N4O3S/c1-12(2)18(22)21(28)25-10-16(26)8-17(25)20(27)23-9-14-4-6-15(7-5-14)19-13(3)24-11-29-19/h4-7,11-12,16-18,26H,8-10,22H2,1-3H3,(H,23,27)/t16-,17-,18?/m1/s1. The summed E-state index contributed by atoms with van der Waals surface area (Å²) in [6.07, 6.45) is -0.484. The van der Waals surface area contributed by atoms with Crippen LogP contribution in [0.25, 0.3) is 10.4 Å². The van der Waals surface area contributed by atoms with Crippen molar-refractivity contribution in [1.29, 1.82) is 0 Å². The number of benzene rings is 1. The summed E-state index contributed by atoms with van der Waals surface area (Å²) < 4.78 is 0. The minimum Gasteiger partial charge on any atom is -0.391 e. The van der Waals surface area contributed by atoms with Gasteiger partial charge in [-0.3, -0.25) is 9.59 Å². The van der Waals surface area contributed by atoms with Gasteiger partial charge >= 0.3 is 0 Å². The van der Waals surface area contributed by atoms with Crippen molar-refractivity contribution >= 4 is 23.2 Å². The highest BCUT2D eigenvalue weighted by atomic mass is 32.1. The smallest absolute Gasteiger partial charge is 0.243 e. The Balaban J connectivity index is 1.62. The molecule has 0 saturated carbocycles. The van der Waals surface area contributed by atoms with Gasteiger partial charge in [0, 0.05) is 19.5 Å². The van der Waals surface area contributed by atoms with Crippen molar-refractivity contribution in [3.8, 4) is 10.4 Å². The first-order valence-corrected chi connectivity index (χ1v) is 10.7. The van der Waals surface area contributed by atoms with Crippen molar-refractivity contribution in [3.05, 3.63) is 41.0 Å². The summed E-state index contributed by atoms with van der Waals surface area (Å²) in [7, 11) is 0. The molecule has 1 aliphatic rings. The summed E-state index contributed by atoms with van der Waals surface area (Å²) in [5.74, 6) is -0.598. The van der Waals surface area contributed by atoms with E-state index in [1.165, 1.54) is 4.90 Å². The van der Waals surface area contributed by atoms with E-state index in [1.54, 1.807) is 11.3 Å². The molecule has 1 fully saturated rings. The maximum absolute atomic E-state index is 12.7. The number of aliphatic hydroxyl groups is 1. The number of nitrogens with zero attached hydrogens (tertiary/aromatic N) is 2. The number of β-amino-alcohol motifs (C(OH)–C–C–N with tert-alkyl or cyclic N) is 1. The summed E-state index contributed by atoms with van der Waals surface area (Å²) in [4.78, 5) is 32.1. The Labute approximate surface area is 174 Å². The molecule has 2 aromatic rings. The number of nitrogens with two attached hydrogens (primary N) is 1. The molecule has 3 rings (SSSR count). The van der Waals surface area contributed by atoms with Gasteiger partial charge in [0.2, 0.25) is 11.8 Å². The molecule has 2 amide bonds.